The van der Waals surface area contributed by atoms with Crippen LogP contribution in [0.2, 0.25) is 0 Å². The number of likely N-dealkylation sites (tertiary alicyclic amines) is 1. The third-order valence-electron chi connectivity index (χ3n) is 4.88. The molecule has 0 unspecified atom stereocenters. The topological polar surface area (TPSA) is 67.3 Å². The first-order chi connectivity index (χ1) is 11.8. The molecule has 2 aromatic heterocycles. The minimum atomic E-state index is 0.147. The third-order valence-corrected chi connectivity index (χ3v) is 5.56. The van der Waals surface area contributed by atoms with Crippen LogP contribution in [0.4, 0.5) is 5.95 Å². The van der Waals surface area contributed by atoms with Gasteiger partial charge in [-0.2, -0.15) is 11.3 Å². The molecule has 2 aliphatic heterocycles. The van der Waals surface area contributed by atoms with Crippen LogP contribution in [0.1, 0.15) is 16.8 Å². The number of amides is 1. The Morgan fingerprint density at radius 1 is 1.42 bits per heavy atom. The highest BCUT2D eigenvalue weighted by Crippen LogP contribution is 2.35. The van der Waals surface area contributed by atoms with E-state index in [0.717, 1.165) is 31.7 Å². The summed E-state index contributed by atoms with van der Waals surface area (Å²) in [7, 11) is 0. The van der Waals surface area contributed by atoms with Crippen LogP contribution in [0.25, 0.3) is 0 Å². The van der Waals surface area contributed by atoms with E-state index in [2.05, 4.69) is 15.3 Å². The highest BCUT2D eigenvalue weighted by atomic mass is 32.1. The molecule has 0 radical (unpaired) electrons. The second-order valence-corrected chi connectivity index (χ2v) is 7.08. The molecule has 2 saturated heterocycles. The number of thiophene rings is 1. The molecule has 126 valence electrons. The van der Waals surface area contributed by atoms with Gasteiger partial charge in [0.1, 0.15) is 0 Å². The van der Waals surface area contributed by atoms with E-state index in [1.807, 2.05) is 21.7 Å². The van der Waals surface area contributed by atoms with Crippen molar-refractivity contribution in [3.63, 3.8) is 0 Å². The molecule has 2 fully saturated rings. The van der Waals surface area contributed by atoms with Crippen molar-refractivity contribution in [3.8, 4) is 0 Å². The Balaban J connectivity index is 1.33. The molecule has 0 aromatic carbocycles. The van der Waals surface area contributed by atoms with Gasteiger partial charge in [0.05, 0.1) is 18.3 Å². The minimum Gasteiger partial charge on any atom is -0.376 e. The summed E-state index contributed by atoms with van der Waals surface area (Å²) in [5.74, 6) is 1.70. The lowest BCUT2D eigenvalue weighted by Crippen LogP contribution is -2.45. The van der Waals surface area contributed by atoms with Crippen LogP contribution in [-0.4, -0.2) is 53.1 Å². The van der Waals surface area contributed by atoms with Crippen molar-refractivity contribution in [2.75, 3.05) is 31.6 Å². The molecule has 2 aliphatic rings. The number of rotatable bonds is 4. The minimum absolute atomic E-state index is 0.147. The summed E-state index contributed by atoms with van der Waals surface area (Å²) in [6.45, 7) is 3.03. The van der Waals surface area contributed by atoms with Crippen molar-refractivity contribution >= 4 is 23.2 Å². The van der Waals surface area contributed by atoms with E-state index in [4.69, 9.17) is 4.74 Å². The number of fused-ring (bicyclic) bond motifs is 1. The van der Waals surface area contributed by atoms with Gasteiger partial charge in [0.25, 0.3) is 5.91 Å². The summed E-state index contributed by atoms with van der Waals surface area (Å²) < 4.78 is 5.99. The molecule has 7 heteroatoms. The maximum absolute atomic E-state index is 12.5. The first-order valence-electron chi connectivity index (χ1n) is 8.25. The van der Waals surface area contributed by atoms with E-state index in [-0.39, 0.29) is 12.0 Å². The van der Waals surface area contributed by atoms with Crippen molar-refractivity contribution in [1.82, 2.24) is 14.9 Å². The fraction of sp³-hybridized carbons (Fsp3) is 0.471. The average Bonchev–Trinajstić information content (AvgIpc) is 3.30. The van der Waals surface area contributed by atoms with E-state index in [1.165, 1.54) is 0 Å². The number of hydrogen-bond donors (Lipinski definition) is 1. The summed E-state index contributed by atoms with van der Waals surface area (Å²) in [4.78, 5) is 22.8. The number of nitrogens with one attached hydrogen (secondary N) is 1. The van der Waals surface area contributed by atoms with E-state index in [1.54, 1.807) is 29.8 Å². The average molecular weight is 344 g/mol. The Labute approximate surface area is 144 Å². The smallest absolute Gasteiger partial charge is 0.254 e. The van der Waals surface area contributed by atoms with Crippen LogP contribution in [-0.2, 0) is 4.74 Å². The maximum Gasteiger partial charge on any atom is 0.254 e. The Bertz CT molecular complexity index is 679. The predicted molar refractivity (Wildman–Crippen MR) is 92.1 cm³/mol. The molecular formula is C17H20N4O2S. The van der Waals surface area contributed by atoms with Crippen molar-refractivity contribution in [3.05, 3.63) is 40.8 Å². The van der Waals surface area contributed by atoms with Crippen molar-refractivity contribution < 1.29 is 9.53 Å². The molecule has 0 saturated carbocycles. The number of aromatic nitrogens is 2. The number of piperidine rings is 1. The standard InChI is InChI=1S/C17H20N4O2S/c22-16(12-3-7-24-11-12)21-6-2-14-13(9-21)10-23-15(14)8-20-17-18-4-1-5-19-17/h1,3-5,7,11,13-15H,2,6,8-10H2,(H,18,19,20)/t13-,14-,15-/m1/s1. The highest BCUT2D eigenvalue weighted by molar-refractivity contribution is 7.08. The Morgan fingerprint density at radius 3 is 3.08 bits per heavy atom. The molecule has 1 amide bonds. The number of carbonyl (C=O) groups is 1. The van der Waals surface area contributed by atoms with Gasteiger partial charge in [-0.25, -0.2) is 9.97 Å². The summed E-state index contributed by atoms with van der Waals surface area (Å²) >= 11 is 1.56. The highest BCUT2D eigenvalue weighted by Gasteiger charge is 2.41. The number of hydrogen-bond acceptors (Lipinski definition) is 6. The van der Waals surface area contributed by atoms with Crippen LogP contribution >= 0.6 is 11.3 Å². The van der Waals surface area contributed by atoms with Crippen molar-refractivity contribution in [2.45, 2.75) is 12.5 Å². The second-order valence-electron chi connectivity index (χ2n) is 6.30. The van der Waals surface area contributed by atoms with E-state index >= 15 is 0 Å². The maximum atomic E-state index is 12.5. The molecule has 1 N–H and O–H groups in total. The molecule has 4 rings (SSSR count). The molecule has 0 spiro atoms. The van der Waals surface area contributed by atoms with E-state index in [9.17, 15) is 4.79 Å². The first kappa shape index (κ1) is 15.5. The van der Waals surface area contributed by atoms with Crippen LogP contribution in [0.3, 0.4) is 0 Å². The number of carbonyl (C=O) groups excluding carboxylic acids is 1. The number of nitrogens with zero attached hydrogens (tertiary/aromatic N) is 3. The summed E-state index contributed by atoms with van der Waals surface area (Å²) in [5.41, 5.74) is 0.803. The zero-order valence-electron chi connectivity index (χ0n) is 13.3. The Kier molecular flexibility index (Phi) is 4.44. The quantitative estimate of drug-likeness (QED) is 0.920. The van der Waals surface area contributed by atoms with Gasteiger partial charge in [-0.05, 0) is 29.9 Å². The van der Waals surface area contributed by atoms with Gasteiger partial charge in [0, 0.05) is 43.3 Å². The van der Waals surface area contributed by atoms with Crippen molar-refractivity contribution in [2.24, 2.45) is 11.8 Å². The molecule has 0 bridgehead atoms. The van der Waals surface area contributed by atoms with Crippen molar-refractivity contribution in [1.29, 1.82) is 0 Å². The lowest BCUT2D eigenvalue weighted by atomic mass is 9.84. The zero-order valence-corrected chi connectivity index (χ0v) is 14.1. The molecule has 2 aromatic rings. The molecule has 3 atom stereocenters. The van der Waals surface area contributed by atoms with Crippen LogP contribution in [0, 0.1) is 11.8 Å². The van der Waals surface area contributed by atoms with Crippen LogP contribution in [0.5, 0.6) is 0 Å². The van der Waals surface area contributed by atoms with E-state index < -0.39 is 0 Å². The second kappa shape index (κ2) is 6.86. The zero-order chi connectivity index (χ0) is 16.4. The molecule has 4 heterocycles. The summed E-state index contributed by atoms with van der Waals surface area (Å²) in [5, 5.41) is 7.12. The summed E-state index contributed by atoms with van der Waals surface area (Å²) in [6.07, 6.45) is 4.60. The summed E-state index contributed by atoms with van der Waals surface area (Å²) in [6, 6.07) is 3.70. The molecule has 6 nitrogen and oxygen atoms in total. The monoisotopic (exact) mass is 344 g/mol. The number of anilines is 1. The van der Waals surface area contributed by atoms with Gasteiger partial charge < -0.3 is 15.0 Å². The SMILES string of the molecule is O=C(c1ccsc1)N1CC[C@@H]2[C@@H](CO[C@@H]2CNc2ncccn2)C1. The fourth-order valence-corrected chi connectivity index (χ4v) is 4.26. The van der Waals surface area contributed by atoms with Crippen LogP contribution in [0.15, 0.2) is 35.3 Å². The van der Waals surface area contributed by atoms with Gasteiger partial charge in [-0.1, -0.05) is 0 Å². The fourth-order valence-electron chi connectivity index (χ4n) is 3.63. The van der Waals surface area contributed by atoms with Gasteiger partial charge in [0.15, 0.2) is 0 Å². The van der Waals surface area contributed by atoms with E-state index in [0.29, 0.717) is 24.3 Å². The molecule has 0 aliphatic carbocycles. The molecule has 24 heavy (non-hydrogen) atoms. The largest absolute Gasteiger partial charge is 0.376 e. The Morgan fingerprint density at radius 2 is 2.29 bits per heavy atom. The Hall–Kier alpha value is -1.99. The first-order valence-corrected chi connectivity index (χ1v) is 9.19. The van der Waals surface area contributed by atoms with Gasteiger partial charge >= 0.3 is 0 Å². The van der Waals surface area contributed by atoms with Gasteiger partial charge in [-0.15, -0.1) is 0 Å². The lowest BCUT2D eigenvalue weighted by molar-refractivity contribution is 0.0622. The predicted octanol–water partition coefficient (Wildman–Crippen LogP) is 2.13. The third kappa shape index (κ3) is 3.14. The van der Waals surface area contributed by atoms with Crippen LogP contribution < -0.4 is 5.32 Å². The normalized spacial score (nSPS) is 26.2. The lowest BCUT2D eigenvalue weighted by Gasteiger charge is -2.35. The van der Waals surface area contributed by atoms with Gasteiger partial charge in [-0.3, -0.25) is 4.79 Å². The molecular weight excluding hydrogens is 324 g/mol. The number of ether oxygens (including phenoxy) is 1. The van der Waals surface area contributed by atoms with Gasteiger partial charge in [0.2, 0.25) is 5.95 Å².